The number of carbonyl (C=O) groups excluding carboxylic acids is 2. The maximum absolute atomic E-state index is 13.5. The molecule has 6 rings (SSSR count). The zero-order valence-electron chi connectivity index (χ0n) is 19.3. The van der Waals surface area contributed by atoms with Crippen molar-refractivity contribution in [3.05, 3.63) is 63.5 Å². The molecule has 9 nitrogen and oxygen atoms in total. The van der Waals surface area contributed by atoms with Crippen LogP contribution in [0, 0.1) is 5.92 Å². The molecule has 2 saturated carbocycles. The smallest absolute Gasteiger partial charge is 0.274 e. The predicted octanol–water partition coefficient (Wildman–Crippen LogP) is 4.73. The van der Waals surface area contributed by atoms with Crippen molar-refractivity contribution in [2.75, 3.05) is 12.4 Å². The number of anilines is 1. The minimum Gasteiger partial charge on any atom is -0.484 e. The molecule has 184 valence electrons. The maximum atomic E-state index is 13.5. The molecule has 3 aromatic rings. The second kappa shape index (κ2) is 8.60. The van der Waals surface area contributed by atoms with Crippen molar-refractivity contribution in [3.63, 3.8) is 0 Å². The average Bonchev–Trinajstić information content (AvgIpc) is 3.77. The molecule has 2 aromatic heterocycles. The van der Waals surface area contributed by atoms with Crippen LogP contribution >= 0.6 is 23.2 Å². The quantitative estimate of drug-likeness (QED) is 0.484. The number of fused-ring (bicyclic) bond motifs is 1. The highest BCUT2D eigenvalue weighted by atomic mass is 35.5. The van der Waals surface area contributed by atoms with Gasteiger partial charge >= 0.3 is 0 Å². The molecule has 0 atom stereocenters. The second-order valence-corrected chi connectivity index (χ2v) is 10.1. The van der Waals surface area contributed by atoms with Gasteiger partial charge in [-0.3, -0.25) is 9.59 Å². The number of nitrogens with one attached hydrogen (secondary N) is 2. The molecule has 1 aliphatic heterocycles. The number of hydrogen-bond donors (Lipinski definition) is 2. The molecule has 2 N–H and O–H groups in total. The van der Waals surface area contributed by atoms with Crippen LogP contribution in [0.15, 0.2) is 41.5 Å². The Hall–Kier alpha value is -3.43. The number of pyridine rings is 1. The molecular formula is C25H22Cl2N6O3. The molecule has 2 fully saturated rings. The number of halogens is 2. The van der Waals surface area contributed by atoms with E-state index in [1.165, 1.54) is 10.7 Å². The number of amides is 2. The zero-order chi connectivity index (χ0) is 25.0. The largest absolute Gasteiger partial charge is 0.484 e. The zero-order valence-corrected chi connectivity index (χ0v) is 20.9. The van der Waals surface area contributed by atoms with Gasteiger partial charge in [-0.25, -0.2) is 14.7 Å². The number of rotatable bonds is 6. The highest BCUT2D eigenvalue weighted by molar-refractivity contribution is 6.32. The minimum absolute atomic E-state index is 0.104. The van der Waals surface area contributed by atoms with Gasteiger partial charge in [0.05, 0.1) is 35.5 Å². The highest BCUT2D eigenvalue weighted by Crippen LogP contribution is 2.54. The minimum atomic E-state index is -0.515. The summed E-state index contributed by atoms with van der Waals surface area (Å²) in [7, 11) is 1.56. The van der Waals surface area contributed by atoms with E-state index in [-0.39, 0.29) is 28.1 Å². The van der Waals surface area contributed by atoms with Gasteiger partial charge in [-0.2, -0.15) is 5.10 Å². The van der Waals surface area contributed by atoms with E-state index in [0.29, 0.717) is 40.2 Å². The fraction of sp³-hybridized carbons (Fsp3) is 0.320. The van der Waals surface area contributed by atoms with E-state index in [2.05, 4.69) is 25.7 Å². The Kier molecular flexibility index (Phi) is 5.49. The van der Waals surface area contributed by atoms with Crippen LogP contribution in [-0.2, 0) is 11.2 Å². The fourth-order valence-electron chi connectivity index (χ4n) is 4.72. The third-order valence-corrected chi connectivity index (χ3v) is 7.38. The van der Waals surface area contributed by atoms with Gasteiger partial charge in [0.2, 0.25) is 0 Å². The van der Waals surface area contributed by atoms with Gasteiger partial charge in [0, 0.05) is 17.8 Å². The summed E-state index contributed by atoms with van der Waals surface area (Å²) in [5, 5.41) is 10.7. The number of hydrogen-bond acceptors (Lipinski definition) is 6. The Labute approximate surface area is 216 Å². The highest BCUT2D eigenvalue weighted by Gasteiger charge is 2.55. The van der Waals surface area contributed by atoms with Crippen molar-refractivity contribution in [2.24, 2.45) is 10.9 Å². The molecule has 1 aromatic carbocycles. The SMILES string of the molecule is COC1=Nc2cc(C(=O)NC3(C4CC4)CC3)c(NC(=O)c3cc(Cl)nn3-c3ncccc3Cl)cc2C1. The lowest BCUT2D eigenvalue weighted by Gasteiger charge is -2.19. The molecule has 3 heterocycles. The normalized spacial score (nSPS) is 17.2. The molecule has 0 spiro atoms. The van der Waals surface area contributed by atoms with Crippen LogP contribution in [0.3, 0.4) is 0 Å². The Balaban J connectivity index is 1.35. The number of carbonyl (C=O) groups is 2. The lowest BCUT2D eigenvalue weighted by Crippen LogP contribution is -2.39. The first kappa shape index (κ1) is 23.0. The summed E-state index contributed by atoms with van der Waals surface area (Å²) >= 11 is 12.4. The molecule has 0 unspecified atom stereocenters. The molecule has 0 saturated heterocycles. The van der Waals surface area contributed by atoms with Gasteiger partial charge in [0.25, 0.3) is 11.8 Å². The molecule has 0 radical (unpaired) electrons. The van der Waals surface area contributed by atoms with Gasteiger partial charge < -0.3 is 15.4 Å². The number of benzene rings is 1. The second-order valence-electron chi connectivity index (χ2n) is 9.32. The number of aromatic nitrogens is 3. The van der Waals surface area contributed by atoms with Crippen molar-refractivity contribution < 1.29 is 14.3 Å². The average molecular weight is 525 g/mol. The summed E-state index contributed by atoms with van der Waals surface area (Å²) in [6.07, 6.45) is 6.24. The summed E-state index contributed by atoms with van der Waals surface area (Å²) in [4.78, 5) is 35.6. The Morgan fingerprint density at radius 3 is 2.67 bits per heavy atom. The number of ether oxygens (including phenoxy) is 1. The van der Waals surface area contributed by atoms with Crippen LogP contribution in [0.2, 0.25) is 10.2 Å². The summed E-state index contributed by atoms with van der Waals surface area (Å²) in [6, 6.07) is 8.22. The van der Waals surface area contributed by atoms with E-state index in [1.807, 2.05) is 0 Å². The Morgan fingerprint density at radius 1 is 1.17 bits per heavy atom. The lowest BCUT2D eigenvalue weighted by molar-refractivity contribution is 0.0926. The predicted molar refractivity (Wildman–Crippen MR) is 136 cm³/mol. The van der Waals surface area contributed by atoms with Crippen molar-refractivity contribution in [1.82, 2.24) is 20.1 Å². The molecule has 3 aliphatic rings. The van der Waals surface area contributed by atoms with Crippen molar-refractivity contribution in [3.8, 4) is 5.82 Å². The van der Waals surface area contributed by atoms with E-state index >= 15 is 0 Å². The van der Waals surface area contributed by atoms with Crippen LogP contribution in [0.5, 0.6) is 0 Å². The maximum Gasteiger partial charge on any atom is 0.274 e. The van der Waals surface area contributed by atoms with Crippen molar-refractivity contribution >= 4 is 52.3 Å². The first-order valence-corrected chi connectivity index (χ1v) is 12.4. The lowest BCUT2D eigenvalue weighted by atomic mass is 10.0. The molecule has 36 heavy (non-hydrogen) atoms. The first-order valence-electron chi connectivity index (χ1n) is 11.7. The topological polar surface area (TPSA) is 110 Å². The van der Waals surface area contributed by atoms with Gasteiger partial charge in [-0.1, -0.05) is 23.2 Å². The van der Waals surface area contributed by atoms with Crippen LogP contribution in [0.25, 0.3) is 5.82 Å². The Morgan fingerprint density at radius 2 is 1.97 bits per heavy atom. The van der Waals surface area contributed by atoms with Gasteiger partial charge in [0.15, 0.2) is 16.9 Å². The Bertz CT molecular complexity index is 1440. The van der Waals surface area contributed by atoms with Crippen molar-refractivity contribution in [2.45, 2.75) is 37.6 Å². The third kappa shape index (κ3) is 4.12. The van der Waals surface area contributed by atoms with E-state index < -0.39 is 5.91 Å². The number of nitrogens with zero attached hydrogens (tertiary/aromatic N) is 4. The molecule has 2 aliphatic carbocycles. The number of aliphatic imine (C=N–C) groups is 1. The van der Waals surface area contributed by atoms with Gasteiger partial charge in [-0.15, -0.1) is 0 Å². The van der Waals surface area contributed by atoms with Crippen LogP contribution in [0.1, 0.15) is 52.1 Å². The molecule has 2 amide bonds. The molecule has 11 heteroatoms. The summed E-state index contributed by atoms with van der Waals surface area (Å²) in [5.41, 5.74) is 2.20. The molecular weight excluding hydrogens is 503 g/mol. The fourth-order valence-corrected chi connectivity index (χ4v) is 5.10. The first-order chi connectivity index (χ1) is 17.4. The standard InChI is InChI=1S/C25H22Cl2N6O3/c1-36-21-10-13-9-18(15(11-17(13)29-21)23(34)31-25(6-7-25)14-4-5-14)30-24(35)19-12-20(27)32-33(19)22-16(26)3-2-8-28-22/h2-3,8-9,11-12,14H,4-7,10H2,1H3,(H,30,35)(H,31,34). The summed E-state index contributed by atoms with van der Waals surface area (Å²) < 4.78 is 6.59. The monoisotopic (exact) mass is 524 g/mol. The third-order valence-electron chi connectivity index (χ3n) is 6.90. The van der Waals surface area contributed by atoms with E-state index in [0.717, 1.165) is 31.2 Å². The summed E-state index contributed by atoms with van der Waals surface area (Å²) in [5.74, 6) is 0.594. The summed E-state index contributed by atoms with van der Waals surface area (Å²) in [6.45, 7) is 0. The van der Waals surface area contributed by atoms with Crippen molar-refractivity contribution in [1.29, 1.82) is 0 Å². The van der Waals surface area contributed by atoms with Crippen LogP contribution in [-0.4, -0.2) is 45.1 Å². The molecule has 0 bridgehead atoms. The van der Waals surface area contributed by atoms with E-state index in [9.17, 15) is 9.59 Å². The van der Waals surface area contributed by atoms with Gasteiger partial charge in [0.1, 0.15) is 5.69 Å². The van der Waals surface area contributed by atoms with E-state index in [1.54, 1.807) is 37.6 Å². The van der Waals surface area contributed by atoms with Crippen LogP contribution in [0.4, 0.5) is 11.4 Å². The van der Waals surface area contributed by atoms with Crippen LogP contribution < -0.4 is 10.6 Å². The van der Waals surface area contributed by atoms with Gasteiger partial charge in [-0.05, 0) is 61.4 Å². The number of methoxy groups -OCH3 is 1. The van der Waals surface area contributed by atoms with E-state index in [4.69, 9.17) is 27.9 Å².